The number of imidazole rings is 1. The first-order chi connectivity index (χ1) is 18.2. The summed E-state index contributed by atoms with van der Waals surface area (Å²) in [6.45, 7) is 6.68. The van der Waals surface area contributed by atoms with E-state index in [9.17, 15) is 18.0 Å². The zero-order valence-corrected chi connectivity index (χ0v) is 21.3. The van der Waals surface area contributed by atoms with Crippen molar-refractivity contribution < 1.29 is 18.0 Å². The molecule has 3 aromatic carbocycles. The number of hydrogen-bond acceptors (Lipinski definition) is 4. The Balaban J connectivity index is 1.26. The number of carbonyl (C=O) groups excluding carboxylic acids is 1. The number of carbonyl (C=O) groups is 1. The van der Waals surface area contributed by atoms with Crippen LogP contribution in [-0.2, 0) is 11.0 Å². The van der Waals surface area contributed by atoms with E-state index >= 15 is 0 Å². The number of benzene rings is 3. The lowest BCUT2D eigenvalue weighted by atomic mass is 10.0. The standard InChI is InChI=1S/C29H30F3N5O/c1-19(18-37-14-12-36(2)13-15-37)28(38)33-24-5-3-4-22(16-24)20-6-8-21(9-7-20)27-34-25-11-10-23(29(30,31)32)17-26(25)35-27/h3-11,16-17,19H,12-15,18H2,1-2H3,(H,33,38)(H,34,35). The molecule has 4 aromatic rings. The summed E-state index contributed by atoms with van der Waals surface area (Å²) in [4.78, 5) is 24.9. The molecule has 1 fully saturated rings. The van der Waals surface area contributed by atoms with Gasteiger partial charge in [0.15, 0.2) is 0 Å². The molecule has 2 N–H and O–H groups in total. The molecule has 1 amide bonds. The Morgan fingerprint density at radius 3 is 2.39 bits per heavy atom. The van der Waals surface area contributed by atoms with Crippen LogP contribution in [0.5, 0.6) is 0 Å². The molecule has 1 aromatic heterocycles. The van der Waals surface area contributed by atoms with Gasteiger partial charge in [-0.05, 0) is 48.5 Å². The maximum atomic E-state index is 13.0. The zero-order chi connectivity index (χ0) is 26.9. The minimum absolute atomic E-state index is 0.00464. The molecule has 0 bridgehead atoms. The molecular formula is C29H30F3N5O. The number of likely N-dealkylation sites (N-methyl/N-ethyl adjacent to an activating group) is 1. The summed E-state index contributed by atoms with van der Waals surface area (Å²) in [7, 11) is 2.11. The zero-order valence-electron chi connectivity index (χ0n) is 21.3. The molecule has 5 rings (SSSR count). The smallest absolute Gasteiger partial charge is 0.338 e. The van der Waals surface area contributed by atoms with Crippen LogP contribution in [0.1, 0.15) is 12.5 Å². The van der Waals surface area contributed by atoms with Gasteiger partial charge in [0.1, 0.15) is 5.82 Å². The number of anilines is 1. The second-order valence-electron chi connectivity index (χ2n) is 9.97. The van der Waals surface area contributed by atoms with Gasteiger partial charge in [0.25, 0.3) is 0 Å². The number of amides is 1. The number of nitrogens with zero attached hydrogens (tertiary/aromatic N) is 3. The van der Waals surface area contributed by atoms with E-state index in [2.05, 4.69) is 32.1 Å². The van der Waals surface area contributed by atoms with E-state index in [0.29, 0.717) is 16.9 Å². The first kappa shape index (κ1) is 25.9. The van der Waals surface area contributed by atoms with E-state index in [0.717, 1.165) is 67.2 Å². The molecule has 1 aliphatic rings. The first-order valence-electron chi connectivity index (χ1n) is 12.7. The Hall–Kier alpha value is -3.69. The Kier molecular flexibility index (Phi) is 7.23. The monoisotopic (exact) mass is 521 g/mol. The largest absolute Gasteiger partial charge is 0.416 e. The van der Waals surface area contributed by atoms with Crippen molar-refractivity contribution >= 4 is 22.6 Å². The van der Waals surface area contributed by atoms with Crippen molar-refractivity contribution in [3.05, 3.63) is 72.3 Å². The SMILES string of the molecule is CC(CN1CCN(C)CC1)C(=O)Nc1cccc(-c2ccc(-c3nc4ccc(C(F)(F)F)cc4[nH]3)cc2)c1. The van der Waals surface area contributed by atoms with Gasteiger partial charge in [-0.3, -0.25) is 4.79 Å². The molecule has 0 spiro atoms. The predicted molar refractivity (Wildman–Crippen MR) is 144 cm³/mol. The number of alkyl halides is 3. The fourth-order valence-electron chi connectivity index (χ4n) is 4.69. The molecule has 1 aliphatic heterocycles. The fourth-order valence-corrected chi connectivity index (χ4v) is 4.69. The van der Waals surface area contributed by atoms with Crippen LogP contribution in [0.4, 0.5) is 18.9 Å². The molecule has 1 atom stereocenters. The van der Waals surface area contributed by atoms with Crippen molar-refractivity contribution in [2.75, 3.05) is 45.1 Å². The van der Waals surface area contributed by atoms with Crippen LogP contribution in [0.3, 0.4) is 0 Å². The number of halogens is 3. The molecule has 198 valence electrons. The minimum atomic E-state index is -4.40. The van der Waals surface area contributed by atoms with Gasteiger partial charge in [0.05, 0.1) is 16.6 Å². The number of rotatable bonds is 6. The molecule has 0 aliphatic carbocycles. The van der Waals surface area contributed by atoms with E-state index in [1.54, 1.807) is 0 Å². The van der Waals surface area contributed by atoms with Crippen molar-refractivity contribution in [1.29, 1.82) is 0 Å². The summed E-state index contributed by atoms with van der Waals surface area (Å²) in [5, 5.41) is 3.05. The summed E-state index contributed by atoms with van der Waals surface area (Å²) >= 11 is 0. The maximum absolute atomic E-state index is 13.0. The summed E-state index contributed by atoms with van der Waals surface area (Å²) < 4.78 is 39.1. The Morgan fingerprint density at radius 2 is 1.68 bits per heavy atom. The topological polar surface area (TPSA) is 64.3 Å². The lowest BCUT2D eigenvalue weighted by Crippen LogP contribution is -2.47. The number of H-pyrrole nitrogens is 1. The van der Waals surface area contributed by atoms with Crippen LogP contribution in [0, 0.1) is 5.92 Å². The van der Waals surface area contributed by atoms with Crippen molar-refractivity contribution in [2.24, 2.45) is 5.92 Å². The molecule has 0 radical (unpaired) electrons. The molecule has 1 unspecified atom stereocenters. The van der Waals surface area contributed by atoms with Crippen molar-refractivity contribution in [3.8, 4) is 22.5 Å². The first-order valence-corrected chi connectivity index (χ1v) is 12.7. The van der Waals surface area contributed by atoms with E-state index in [1.165, 1.54) is 6.07 Å². The second-order valence-corrected chi connectivity index (χ2v) is 9.97. The molecule has 1 saturated heterocycles. The Bertz CT molecular complexity index is 1420. The lowest BCUT2D eigenvalue weighted by molar-refractivity contribution is -0.137. The number of aromatic amines is 1. The number of nitrogens with one attached hydrogen (secondary N) is 2. The molecule has 38 heavy (non-hydrogen) atoms. The quantitative estimate of drug-likeness (QED) is 0.340. The summed E-state index contributed by atoms with van der Waals surface area (Å²) in [5.74, 6) is 0.369. The van der Waals surface area contributed by atoms with Crippen LogP contribution in [0.15, 0.2) is 66.7 Å². The highest BCUT2D eigenvalue weighted by atomic mass is 19.4. The highest BCUT2D eigenvalue weighted by Gasteiger charge is 2.30. The van der Waals surface area contributed by atoms with Crippen LogP contribution >= 0.6 is 0 Å². The average Bonchev–Trinajstić information content (AvgIpc) is 3.33. The fraction of sp³-hybridized carbons (Fsp3) is 0.310. The summed E-state index contributed by atoms with van der Waals surface area (Å²) in [6.07, 6.45) is -4.40. The van der Waals surface area contributed by atoms with Gasteiger partial charge in [-0.25, -0.2) is 4.98 Å². The van der Waals surface area contributed by atoms with Gasteiger partial charge in [0.2, 0.25) is 5.91 Å². The normalized spacial score (nSPS) is 16.0. The van der Waals surface area contributed by atoms with Gasteiger partial charge < -0.3 is 20.1 Å². The summed E-state index contributed by atoms with van der Waals surface area (Å²) in [5.41, 5.74) is 3.49. The third kappa shape index (κ3) is 5.89. The number of fused-ring (bicyclic) bond motifs is 1. The highest BCUT2D eigenvalue weighted by molar-refractivity contribution is 5.93. The van der Waals surface area contributed by atoms with Gasteiger partial charge in [-0.15, -0.1) is 0 Å². The van der Waals surface area contributed by atoms with Crippen LogP contribution in [0.25, 0.3) is 33.5 Å². The second kappa shape index (κ2) is 10.6. The Morgan fingerprint density at radius 1 is 0.974 bits per heavy atom. The van der Waals surface area contributed by atoms with Gasteiger partial charge in [0, 0.05) is 49.9 Å². The third-order valence-electron chi connectivity index (χ3n) is 7.01. The third-order valence-corrected chi connectivity index (χ3v) is 7.01. The van der Waals surface area contributed by atoms with E-state index in [1.807, 2.05) is 55.5 Å². The number of hydrogen-bond donors (Lipinski definition) is 2. The Labute approximate surface area is 219 Å². The minimum Gasteiger partial charge on any atom is -0.338 e. The lowest BCUT2D eigenvalue weighted by Gasteiger charge is -2.33. The molecule has 9 heteroatoms. The van der Waals surface area contributed by atoms with Crippen molar-refractivity contribution in [3.63, 3.8) is 0 Å². The number of piperazine rings is 1. The van der Waals surface area contributed by atoms with E-state index < -0.39 is 11.7 Å². The van der Waals surface area contributed by atoms with Crippen molar-refractivity contribution in [2.45, 2.75) is 13.1 Å². The average molecular weight is 522 g/mol. The predicted octanol–water partition coefficient (Wildman–Crippen LogP) is 5.74. The molecular weight excluding hydrogens is 491 g/mol. The number of aromatic nitrogens is 2. The highest BCUT2D eigenvalue weighted by Crippen LogP contribution is 2.32. The van der Waals surface area contributed by atoms with Crippen molar-refractivity contribution in [1.82, 2.24) is 19.8 Å². The molecule has 6 nitrogen and oxygen atoms in total. The molecule has 2 heterocycles. The van der Waals surface area contributed by atoms with Gasteiger partial charge in [-0.1, -0.05) is 43.3 Å². The van der Waals surface area contributed by atoms with Gasteiger partial charge >= 0.3 is 6.18 Å². The maximum Gasteiger partial charge on any atom is 0.416 e. The van der Waals surface area contributed by atoms with Crippen LogP contribution in [-0.4, -0.2) is 65.4 Å². The summed E-state index contributed by atoms with van der Waals surface area (Å²) in [6, 6.07) is 18.8. The van der Waals surface area contributed by atoms with E-state index in [4.69, 9.17) is 0 Å². The van der Waals surface area contributed by atoms with Crippen LogP contribution in [0.2, 0.25) is 0 Å². The van der Waals surface area contributed by atoms with E-state index in [-0.39, 0.29) is 11.8 Å². The molecule has 0 saturated carbocycles. The van der Waals surface area contributed by atoms with Crippen LogP contribution < -0.4 is 5.32 Å². The van der Waals surface area contributed by atoms with Gasteiger partial charge in [-0.2, -0.15) is 13.2 Å².